The van der Waals surface area contributed by atoms with Gasteiger partial charge in [-0.25, -0.2) is 18.6 Å². The smallest absolute Gasteiger partial charge is 0.355 e. The molecule has 0 aromatic carbocycles. The maximum Gasteiger partial charge on any atom is 0.355 e. The largest absolute Gasteiger partial charge is 0.476 e. The van der Waals surface area contributed by atoms with Crippen molar-refractivity contribution in [1.82, 2.24) is 4.98 Å². The van der Waals surface area contributed by atoms with Crippen LogP contribution in [0, 0.1) is 11.3 Å². The molecule has 0 unspecified atom stereocenters. The summed E-state index contributed by atoms with van der Waals surface area (Å²) in [5, 5.41) is 17.3. The SMILES string of the molecule is N#Cc1cc(CN)c(C(F)F)c(C(=O)O)n1. The van der Waals surface area contributed by atoms with Gasteiger partial charge in [0.15, 0.2) is 5.69 Å². The molecule has 0 spiro atoms. The fourth-order valence-electron chi connectivity index (χ4n) is 1.24. The van der Waals surface area contributed by atoms with Crippen LogP contribution >= 0.6 is 0 Å². The quantitative estimate of drug-likeness (QED) is 0.803. The normalized spacial score (nSPS) is 10.2. The van der Waals surface area contributed by atoms with Gasteiger partial charge in [0, 0.05) is 6.54 Å². The minimum atomic E-state index is -3.00. The summed E-state index contributed by atoms with van der Waals surface area (Å²) in [5.74, 6) is -1.61. The van der Waals surface area contributed by atoms with Crippen molar-refractivity contribution >= 4 is 5.97 Å². The van der Waals surface area contributed by atoms with Gasteiger partial charge in [0.2, 0.25) is 0 Å². The van der Waals surface area contributed by atoms with Crippen LogP contribution in [-0.2, 0) is 6.54 Å². The summed E-state index contributed by atoms with van der Waals surface area (Å²) in [6, 6.07) is 2.65. The van der Waals surface area contributed by atoms with E-state index >= 15 is 0 Å². The minimum absolute atomic E-state index is 0.0843. The van der Waals surface area contributed by atoms with E-state index < -0.39 is 23.7 Å². The third-order valence-electron chi connectivity index (χ3n) is 1.90. The van der Waals surface area contributed by atoms with Crippen molar-refractivity contribution < 1.29 is 18.7 Å². The molecule has 0 atom stereocenters. The molecule has 1 rings (SSSR count). The zero-order chi connectivity index (χ0) is 12.3. The number of carboxylic acid groups (broad SMARTS) is 1. The molecule has 0 aliphatic heterocycles. The Morgan fingerprint density at radius 3 is 2.69 bits per heavy atom. The number of hydrogen-bond acceptors (Lipinski definition) is 4. The van der Waals surface area contributed by atoms with E-state index in [0.29, 0.717) is 0 Å². The predicted molar refractivity (Wildman–Crippen MR) is 48.8 cm³/mol. The molecule has 0 amide bonds. The summed E-state index contributed by atoms with van der Waals surface area (Å²) in [5.41, 5.74) is 3.33. The number of aromatic nitrogens is 1. The maximum absolute atomic E-state index is 12.6. The number of hydrogen-bond donors (Lipinski definition) is 2. The van der Waals surface area contributed by atoms with E-state index in [1.807, 2.05) is 0 Å². The monoisotopic (exact) mass is 227 g/mol. The molecule has 7 heteroatoms. The summed E-state index contributed by atoms with van der Waals surface area (Å²) in [6.45, 7) is -0.281. The summed E-state index contributed by atoms with van der Waals surface area (Å²) < 4.78 is 25.3. The van der Waals surface area contributed by atoms with Gasteiger partial charge in [-0.2, -0.15) is 5.26 Å². The summed E-state index contributed by atoms with van der Waals surface area (Å²) in [4.78, 5) is 14.0. The van der Waals surface area contributed by atoms with Crippen molar-refractivity contribution in [3.63, 3.8) is 0 Å². The molecule has 0 saturated heterocycles. The highest BCUT2D eigenvalue weighted by Crippen LogP contribution is 2.26. The minimum Gasteiger partial charge on any atom is -0.476 e. The molecule has 1 aromatic heterocycles. The zero-order valence-corrected chi connectivity index (χ0v) is 7.94. The van der Waals surface area contributed by atoms with Gasteiger partial charge in [-0.05, 0) is 11.6 Å². The molecular formula is C9H7F2N3O2. The van der Waals surface area contributed by atoms with Crippen molar-refractivity contribution in [1.29, 1.82) is 5.26 Å². The van der Waals surface area contributed by atoms with E-state index in [1.54, 1.807) is 6.07 Å². The number of carboxylic acids is 1. The Morgan fingerprint density at radius 1 is 1.69 bits per heavy atom. The van der Waals surface area contributed by atoms with Gasteiger partial charge in [-0.3, -0.25) is 0 Å². The number of aromatic carboxylic acids is 1. The first kappa shape index (κ1) is 12.0. The van der Waals surface area contributed by atoms with Gasteiger partial charge in [0.05, 0.1) is 5.56 Å². The predicted octanol–water partition coefficient (Wildman–Crippen LogP) is 1.05. The Morgan fingerprint density at radius 2 is 2.31 bits per heavy atom. The third kappa shape index (κ3) is 2.12. The van der Waals surface area contributed by atoms with Gasteiger partial charge in [-0.1, -0.05) is 0 Å². The van der Waals surface area contributed by atoms with Gasteiger partial charge >= 0.3 is 5.97 Å². The van der Waals surface area contributed by atoms with Crippen LogP contribution in [0.2, 0.25) is 0 Å². The molecule has 3 N–H and O–H groups in total. The van der Waals surface area contributed by atoms with E-state index in [-0.39, 0.29) is 17.8 Å². The van der Waals surface area contributed by atoms with Crippen LogP contribution in [0.25, 0.3) is 0 Å². The maximum atomic E-state index is 12.6. The Hall–Kier alpha value is -2.07. The van der Waals surface area contributed by atoms with Crippen LogP contribution < -0.4 is 5.73 Å². The van der Waals surface area contributed by atoms with Gasteiger partial charge < -0.3 is 10.8 Å². The highest BCUT2D eigenvalue weighted by molar-refractivity contribution is 5.87. The van der Waals surface area contributed by atoms with Gasteiger partial charge in [-0.15, -0.1) is 0 Å². The van der Waals surface area contributed by atoms with Crippen molar-refractivity contribution in [3.05, 3.63) is 28.6 Å². The molecule has 84 valence electrons. The van der Waals surface area contributed by atoms with E-state index in [2.05, 4.69) is 4.98 Å². The average Bonchev–Trinajstić information content (AvgIpc) is 2.26. The fourth-order valence-corrected chi connectivity index (χ4v) is 1.24. The van der Waals surface area contributed by atoms with E-state index in [4.69, 9.17) is 16.1 Å². The molecule has 1 heterocycles. The van der Waals surface area contributed by atoms with Gasteiger partial charge in [0.1, 0.15) is 11.8 Å². The van der Waals surface area contributed by atoms with Crippen molar-refractivity contribution in [2.45, 2.75) is 13.0 Å². The molecule has 0 saturated carbocycles. The number of halogens is 2. The first-order valence-electron chi connectivity index (χ1n) is 4.16. The Balaban J connectivity index is 3.55. The second-order valence-corrected chi connectivity index (χ2v) is 2.85. The molecule has 0 aliphatic rings. The first-order valence-corrected chi connectivity index (χ1v) is 4.16. The highest BCUT2D eigenvalue weighted by Gasteiger charge is 2.24. The second-order valence-electron chi connectivity index (χ2n) is 2.85. The molecule has 0 radical (unpaired) electrons. The van der Waals surface area contributed by atoms with E-state index in [1.165, 1.54) is 0 Å². The van der Waals surface area contributed by atoms with Crippen molar-refractivity contribution in [2.75, 3.05) is 0 Å². The zero-order valence-electron chi connectivity index (χ0n) is 7.94. The molecule has 0 aliphatic carbocycles. The lowest BCUT2D eigenvalue weighted by atomic mass is 10.1. The van der Waals surface area contributed by atoms with E-state index in [0.717, 1.165) is 6.07 Å². The number of pyridine rings is 1. The Bertz CT molecular complexity index is 469. The molecule has 1 aromatic rings. The van der Waals surface area contributed by atoms with E-state index in [9.17, 15) is 13.6 Å². The van der Waals surface area contributed by atoms with Crippen LogP contribution in [0.3, 0.4) is 0 Å². The fraction of sp³-hybridized carbons (Fsp3) is 0.222. The molecule has 16 heavy (non-hydrogen) atoms. The topological polar surface area (TPSA) is 100 Å². The molecule has 0 fully saturated rings. The number of rotatable bonds is 3. The lowest BCUT2D eigenvalue weighted by molar-refractivity contribution is 0.0676. The summed E-state index contributed by atoms with van der Waals surface area (Å²) in [6.07, 6.45) is -3.00. The number of nitriles is 1. The standard InChI is InChI=1S/C9H7F2N3O2/c10-8(11)6-4(2-12)1-5(3-13)14-7(6)9(15)16/h1,8H,2,12H2,(H,15,16). The highest BCUT2D eigenvalue weighted by atomic mass is 19.3. The molecule has 0 bridgehead atoms. The summed E-state index contributed by atoms with van der Waals surface area (Å²) >= 11 is 0. The van der Waals surface area contributed by atoms with Crippen LogP contribution in [0.5, 0.6) is 0 Å². The summed E-state index contributed by atoms with van der Waals surface area (Å²) in [7, 11) is 0. The van der Waals surface area contributed by atoms with Gasteiger partial charge in [0.25, 0.3) is 6.43 Å². The number of carbonyl (C=O) groups is 1. The van der Waals surface area contributed by atoms with Crippen LogP contribution in [0.1, 0.15) is 33.7 Å². The average molecular weight is 227 g/mol. The Labute approximate surface area is 89.1 Å². The molecular weight excluding hydrogens is 220 g/mol. The number of nitrogens with two attached hydrogens (primary N) is 1. The van der Waals surface area contributed by atoms with Crippen LogP contribution in [0.15, 0.2) is 6.07 Å². The second kappa shape index (κ2) is 4.63. The first-order chi connectivity index (χ1) is 7.51. The lowest BCUT2D eigenvalue weighted by Gasteiger charge is -2.09. The third-order valence-corrected chi connectivity index (χ3v) is 1.90. The number of nitrogens with zero attached hydrogens (tertiary/aromatic N) is 2. The molecule has 5 nitrogen and oxygen atoms in total. The lowest BCUT2D eigenvalue weighted by Crippen LogP contribution is -2.13. The van der Waals surface area contributed by atoms with Crippen molar-refractivity contribution in [3.8, 4) is 6.07 Å². The number of alkyl halides is 2. The van der Waals surface area contributed by atoms with Crippen LogP contribution in [-0.4, -0.2) is 16.1 Å². The van der Waals surface area contributed by atoms with Crippen LogP contribution in [0.4, 0.5) is 8.78 Å². The van der Waals surface area contributed by atoms with Crippen molar-refractivity contribution in [2.24, 2.45) is 5.73 Å². The Kier molecular flexibility index (Phi) is 3.48.